The van der Waals surface area contributed by atoms with Gasteiger partial charge >= 0.3 is 0 Å². The number of likely N-dealkylation sites (tertiary alicyclic amines) is 1. The molecule has 29 heavy (non-hydrogen) atoms. The Labute approximate surface area is 175 Å². The summed E-state index contributed by atoms with van der Waals surface area (Å²) in [5.41, 5.74) is 3.61. The molecule has 1 aliphatic heterocycles. The van der Waals surface area contributed by atoms with Crippen molar-refractivity contribution in [2.45, 2.75) is 32.2 Å². The number of nitrogens with one attached hydrogen (secondary N) is 2. The van der Waals surface area contributed by atoms with Gasteiger partial charge < -0.3 is 20.3 Å². The number of fused-ring (bicyclic) bond motifs is 1. The molecule has 2 aromatic carbocycles. The molecule has 0 atom stereocenters. The number of hydrogen-bond acceptors (Lipinski definition) is 3. The number of benzene rings is 2. The van der Waals surface area contributed by atoms with Crippen LogP contribution >= 0.6 is 11.6 Å². The van der Waals surface area contributed by atoms with Crippen molar-refractivity contribution in [3.63, 3.8) is 0 Å². The van der Waals surface area contributed by atoms with E-state index >= 15 is 0 Å². The Hall–Kier alpha value is -2.50. The largest absolute Gasteiger partial charge is 0.508 e. The zero-order valence-electron chi connectivity index (χ0n) is 16.5. The van der Waals surface area contributed by atoms with E-state index in [2.05, 4.69) is 27.3 Å². The molecule has 1 fully saturated rings. The molecule has 0 radical (unpaired) electrons. The lowest BCUT2D eigenvalue weighted by Crippen LogP contribution is -2.45. The number of aryl methyl sites for hydroxylation is 1. The second-order valence-electron chi connectivity index (χ2n) is 7.82. The van der Waals surface area contributed by atoms with Crippen molar-refractivity contribution in [1.82, 2.24) is 15.2 Å². The van der Waals surface area contributed by atoms with Gasteiger partial charge in [-0.2, -0.15) is 0 Å². The summed E-state index contributed by atoms with van der Waals surface area (Å²) >= 11 is 5.95. The number of nitrogens with zero attached hydrogens (tertiary/aromatic N) is 1. The van der Waals surface area contributed by atoms with Gasteiger partial charge in [-0.15, -0.1) is 0 Å². The van der Waals surface area contributed by atoms with Crippen molar-refractivity contribution >= 4 is 28.4 Å². The van der Waals surface area contributed by atoms with Crippen molar-refractivity contribution < 1.29 is 9.90 Å². The van der Waals surface area contributed by atoms with E-state index < -0.39 is 0 Å². The summed E-state index contributed by atoms with van der Waals surface area (Å²) in [4.78, 5) is 18.6. The minimum Gasteiger partial charge on any atom is -0.508 e. The number of phenolic OH excluding ortho intramolecular Hbond substituents is 1. The van der Waals surface area contributed by atoms with E-state index in [0.717, 1.165) is 60.5 Å². The molecule has 4 rings (SSSR count). The van der Waals surface area contributed by atoms with Gasteiger partial charge in [0.1, 0.15) is 5.75 Å². The second-order valence-corrected chi connectivity index (χ2v) is 8.26. The highest BCUT2D eigenvalue weighted by Gasteiger charge is 2.23. The van der Waals surface area contributed by atoms with Crippen LogP contribution in [0.4, 0.5) is 0 Å². The maximum absolute atomic E-state index is 12.9. The smallest absolute Gasteiger partial charge is 0.253 e. The first-order chi connectivity index (χ1) is 14.0. The summed E-state index contributed by atoms with van der Waals surface area (Å²) in [7, 11) is 0. The van der Waals surface area contributed by atoms with Crippen LogP contribution in [0.2, 0.25) is 5.02 Å². The molecule has 3 N–H and O–H groups in total. The number of aromatic nitrogens is 1. The normalized spacial score (nSPS) is 15.7. The molecule has 1 amide bonds. The highest BCUT2D eigenvalue weighted by atomic mass is 35.5. The number of carbonyl (C=O) groups excluding carboxylic acids is 1. The lowest BCUT2D eigenvalue weighted by atomic mass is 10.0. The summed E-state index contributed by atoms with van der Waals surface area (Å²) < 4.78 is 0. The Morgan fingerprint density at radius 2 is 1.93 bits per heavy atom. The fourth-order valence-electron chi connectivity index (χ4n) is 4.10. The predicted molar refractivity (Wildman–Crippen MR) is 117 cm³/mol. The second kappa shape index (κ2) is 8.47. The molecule has 1 aliphatic rings. The quantitative estimate of drug-likeness (QED) is 0.587. The molecule has 152 valence electrons. The highest BCUT2D eigenvalue weighted by Crippen LogP contribution is 2.26. The minimum atomic E-state index is -0.0704. The van der Waals surface area contributed by atoms with Gasteiger partial charge in [0.2, 0.25) is 0 Å². The third kappa shape index (κ3) is 4.57. The summed E-state index contributed by atoms with van der Waals surface area (Å²) in [6, 6.07) is 13.3. The van der Waals surface area contributed by atoms with Crippen LogP contribution in [0, 0.1) is 6.92 Å². The van der Waals surface area contributed by atoms with Gasteiger partial charge in [0.05, 0.1) is 5.56 Å². The Morgan fingerprint density at radius 1 is 1.21 bits per heavy atom. The van der Waals surface area contributed by atoms with Crippen LogP contribution in [0.1, 0.15) is 34.5 Å². The molecule has 0 saturated carbocycles. The van der Waals surface area contributed by atoms with Gasteiger partial charge in [0, 0.05) is 47.3 Å². The van der Waals surface area contributed by atoms with Gasteiger partial charge in [-0.05, 0) is 62.1 Å². The van der Waals surface area contributed by atoms with Gasteiger partial charge in [-0.1, -0.05) is 23.7 Å². The topological polar surface area (TPSA) is 68.4 Å². The van der Waals surface area contributed by atoms with Crippen molar-refractivity contribution in [1.29, 1.82) is 0 Å². The first kappa shape index (κ1) is 19.8. The molecular weight excluding hydrogens is 386 g/mol. The molecule has 0 unspecified atom stereocenters. The van der Waals surface area contributed by atoms with Gasteiger partial charge in [-0.25, -0.2) is 0 Å². The number of aromatic amines is 1. The number of rotatable bonds is 5. The van der Waals surface area contributed by atoms with Crippen LogP contribution < -0.4 is 5.32 Å². The zero-order chi connectivity index (χ0) is 20.4. The van der Waals surface area contributed by atoms with Crippen LogP contribution in [0.3, 0.4) is 0 Å². The van der Waals surface area contributed by atoms with E-state index in [-0.39, 0.29) is 17.7 Å². The molecule has 0 aliphatic carbocycles. The third-order valence-electron chi connectivity index (χ3n) is 5.75. The summed E-state index contributed by atoms with van der Waals surface area (Å²) in [5.74, 6) is 0.0958. The van der Waals surface area contributed by atoms with E-state index in [1.165, 1.54) is 5.56 Å². The standard InChI is InChI=1S/C23H26ClN3O2/c1-15-22(20-14-19(28)6-7-21(20)25-15)23(29)26-18-9-12-27(13-10-18)11-8-16-2-4-17(24)5-3-16/h2-7,14,18,25,28H,8-13H2,1H3,(H,26,29). The van der Waals surface area contributed by atoms with E-state index in [4.69, 9.17) is 11.6 Å². The summed E-state index contributed by atoms with van der Waals surface area (Å²) in [6.45, 7) is 4.87. The summed E-state index contributed by atoms with van der Waals surface area (Å²) in [6.07, 6.45) is 2.89. The third-order valence-corrected chi connectivity index (χ3v) is 6.00. The lowest BCUT2D eigenvalue weighted by molar-refractivity contribution is 0.0912. The SMILES string of the molecule is Cc1[nH]c2ccc(O)cc2c1C(=O)NC1CCN(CCc2ccc(Cl)cc2)CC1. The van der Waals surface area contributed by atoms with Crippen molar-refractivity contribution in [2.24, 2.45) is 0 Å². The molecule has 3 aromatic rings. The Morgan fingerprint density at radius 3 is 2.66 bits per heavy atom. The highest BCUT2D eigenvalue weighted by molar-refractivity contribution is 6.30. The minimum absolute atomic E-state index is 0.0704. The Balaban J connectivity index is 1.31. The fraction of sp³-hybridized carbons (Fsp3) is 0.348. The van der Waals surface area contributed by atoms with Crippen LogP contribution in [-0.4, -0.2) is 46.6 Å². The molecule has 1 aromatic heterocycles. The molecule has 2 heterocycles. The number of aromatic hydroxyl groups is 1. The maximum atomic E-state index is 12.9. The maximum Gasteiger partial charge on any atom is 0.253 e. The van der Waals surface area contributed by atoms with Crippen LogP contribution in [0.15, 0.2) is 42.5 Å². The first-order valence-electron chi connectivity index (χ1n) is 10.1. The Kier molecular flexibility index (Phi) is 5.79. The van der Waals surface area contributed by atoms with Crippen LogP contribution in [-0.2, 0) is 6.42 Å². The first-order valence-corrected chi connectivity index (χ1v) is 10.5. The monoisotopic (exact) mass is 411 g/mol. The van der Waals surface area contributed by atoms with Gasteiger partial charge in [0.25, 0.3) is 5.91 Å². The van der Waals surface area contributed by atoms with E-state index in [1.54, 1.807) is 18.2 Å². The van der Waals surface area contributed by atoms with Gasteiger partial charge in [0.15, 0.2) is 0 Å². The number of phenols is 1. The molecule has 5 nitrogen and oxygen atoms in total. The van der Waals surface area contributed by atoms with E-state index in [9.17, 15) is 9.90 Å². The van der Waals surface area contributed by atoms with Crippen molar-refractivity contribution in [3.8, 4) is 5.75 Å². The number of halogens is 1. The average molecular weight is 412 g/mol. The number of hydrogen-bond donors (Lipinski definition) is 3. The number of H-pyrrole nitrogens is 1. The predicted octanol–water partition coefficient (Wildman–Crippen LogP) is 4.27. The molecule has 0 bridgehead atoms. The fourth-order valence-corrected chi connectivity index (χ4v) is 4.23. The molecular formula is C23H26ClN3O2. The number of carbonyl (C=O) groups is 1. The van der Waals surface area contributed by atoms with Gasteiger partial charge in [-0.3, -0.25) is 4.79 Å². The average Bonchev–Trinajstić information content (AvgIpc) is 3.03. The molecule has 0 spiro atoms. The lowest BCUT2D eigenvalue weighted by Gasteiger charge is -2.32. The zero-order valence-corrected chi connectivity index (χ0v) is 17.3. The summed E-state index contributed by atoms with van der Waals surface area (Å²) in [5, 5.41) is 14.5. The molecule has 6 heteroatoms. The van der Waals surface area contributed by atoms with Crippen molar-refractivity contribution in [2.75, 3.05) is 19.6 Å². The number of piperidine rings is 1. The number of amides is 1. The van der Waals surface area contributed by atoms with E-state index in [1.807, 2.05) is 19.1 Å². The van der Waals surface area contributed by atoms with E-state index in [0.29, 0.717) is 5.56 Å². The Bertz CT molecular complexity index is 1000. The van der Waals surface area contributed by atoms with Crippen molar-refractivity contribution in [3.05, 3.63) is 64.3 Å². The van der Waals surface area contributed by atoms with Crippen LogP contribution in [0.25, 0.3) is 10.9 Å². The van der Waals surface area contributed by atoms with Crippen LogP contribution in [0.5, 0.6) is 5.75 Å². The molecule has 1 saturated heterocycles.